The average molecular weight is 288 g/mol. The minimum Gasteiger partial charge on any atom is -0.382 e. The molecule has 1 aromatic rings. The molecule has 0 amide bonds. The standard InChI is InChI=1S/C14H22ClNO3/c1-16-11-14(12-4-3-5-13(15)10-12)19-9-8-18-7-6-17-2/h3-5,10,14,16H,6-9,11H2,1-2H3. The van der Waals surface area contributed by atoms with Gasteiger partial charge in [-0.25, -0.2) is 0 Å². The lowest BCUT2D eigenvalue weighted by molar-refractivity contribution is -0.00631. The van der Waals surface area contributed by atoms with E-state index in [2.05, 4.69) is 5.32 Å². The first-order valence-electron chi connectivity index (χ1n) is 6.36. The van der Waals surface area contributed by atoms with E-state index in [1.807, 2.05) is 31.3 Å². The first-order chi connectivity index (χ1) is 9.27. The number of ether oxygens (including phenoxy) is 3. The van der Waals surface area contributed by atoms with Crippen LogP contribution < -0.4 is 5.32 Å². The van der Waals surface area contributed by atoms with Gasteiger partial charge in [-0.3, -0.25) is 0 Å². The third kappa shape index (κ3) is 6.89. The van der Waals surface area contributed by atoms with Crippen LogP contribution in [0.4, 0.5) is 0 Å². The van der Waals surface area contributed by atoms with Crippen molar-refractivity contribution < 1.29 is 14.2 Å². The Kier molecular flexibility index (Phi) is 8.79. The fraction of sp³-hybridized carbons (Fsp3) is 0.571. The molecule has 108 valence electrons. The Labute approximate surface area is 120 Å². The molecule has 1 atom stereocenters. The fourth-order valence-corrected chi connectivity index (χ4v) is 1.86. The summed E-state index contributed by atoms with van der Waals surface area (Å²) in [6.07, 6.45) is -0.0188. The number of hydrogen-bond acceptors (Lipinski definition) is 4. The van der Waals surface area contributed by atoms with Crippen molar-refractivity contribution in [3.8, 4) is 0 Å². The van der Waals surface area contributed by atoms with E-state index < -0.39 is 0 Å². The zero-order valence-electron chi connectivity index (χ0n) is 11.5. The van der Waals surface area contributed by atoms with E-state index >= 15 is 0 Å². The molecule has 0 radical (unpaired) electrons. The fourth-order valence-electron chi connectivity index (χ4n) is 1.66. The summed E-state index contributed by atoms with van der Waals surface area (Å²) >= 11 is 5.99. The summed E-state index contributed by atoms with van der Waals surface area (Å²) in [5, 5.41) is 3.84. The van der Waals surface area contributed by atoms with Gasteiger partial charge < -0.3 is 19.5 Å². The highest BCUT2D eigenvalue weighted by Crippen LogP contribution is 2.20. The van der Waals surface area contributed by atoms with Crippen molar-refractivity contribution in [2.75, 3.05) is 47.1 Å². The molecule has 0 spiro atoms. The molecule has 0 saturated heterocycles. The van der Waals surface area contributed by atoms with Gasteiger partial charge >= 0.3 is 0 Å². The third-order valence-electron chi connectivity index (χ3n) is 2.59. The molecule has 0 aliphatic heterocycles. The van der Waals surface area contributed by atoms with E-state index in [1.54, 1.807) is 7.11 Å². The SMILES string of the molecule is CNCC(OCCOCCOC)c1cccc(Cl)c1. The molecule has 5 heteroatoms. The molecule has 0 heterocycles. The van der Waals surface area contributed by atoms with Crippen LogP contribution in [0, 0.1) is 0 Å². The molecule has 0 fully saturated rings. The van der Waals surface area contributed by atoms with Gasteiger partial charge in [-0.2, -0.15) is 0 Å². The summed E-state index contributed by atoms with van der Waals surface area (Å²) in [5.41, 5.74) is 1.07. The van der Waals surface area contributed by atoms with Crippen molar-refractivity contribution in [2.45, 2.75) is 6.10 Å². The molecule has 19 heavy (non-hydrogen) atoms. The van der Waals surface area contributed by atoms with E-state index in [0.29, 0.717) is 26.4 Å². The van der Waals surface area contributed by atoms with Gasteiger partial charge in [0.15, 0.2) is 0 Å². The molecule has 0 aliphatic carbocycles. The van der Waals surface area contributed by atoms with E-state index in [9.17, 15) is 0 Å². The Balaban J connectivity index is 2.36. The minimum absolute atomic E-state index is 0.0188. The van der Waals surface area contributed by atoms with Gasteiger partial charge in [0.2, 0.25) is 0 Å². The Hall–Kier alpha value is -0.650. The number of methoxy groups -OCH3 is 1. The Morgan fingerprint density at radius 1 is 1.21 bits per heavy atom. The molecule has 4 nitrogen and oxygen atoms in total. The molecule has 0 saturated carbocycles. The van der Waals surface area contributed by atoms with Crippen molar-refractivity contribution in [1.82, 2.24) is 5.32 Å². The van der Waals surface area contributed by atoms with Gasteiger partial charge in [-0.15, -0.1) is 0 Å². The zero-order valence-corrected chi connectivity index (χ0v) is 12.3. The average Bonchev–Trinajstić information content (AvgIpc) is 2.41. The van der Waals surface area contributed by atoms with Gasteiger partial charge in [0, 0.05) is 18.7 Å². The predicted molar refractivity (Wildman–Crippen MR) is 76.8 cm³/mol. The third-order valence-corrected chi connectivity index (χ3v) is 2.82. The molecular formula is C14H22ClNO3. The minimum atomic E-state index is -0.0188. The molecule has 1 rings (SSSR count). The Morgan fingerprint density at radius 2 is 2.00 bits per heavy atom. The van der Waals surface area contributed by atoms with Crippen LogP contribution in [0.25, 0.3) is 0 Å². The van der Waals surface area contributed by atoms with Crippen LogP contribution in [0.2, 0.25) is 5.02 Å². The largest absolute Gasteiger partial charge is 0.382 e. The van der Waals surface area contributed by atoms with Crippen LogP contribution in [0.5, 0.6) is 0 Å². The zero-order chi connectivity index (χ0) is 13.9. The topological polar surface area (TPSA) is 39.7 Å². The lowest BCUT2D eigenvalue weighted by atomic mass is 10.1. The summed E-state index contributed by atoms with van der Waals surface area (Å²) in [7, 11) is 3.55. The second kappa shape index (κ2) is 10.2. The second-order valence-corrected chi connectivity index (χ2v) is 4.51. The molecule has 1 unspecified atom stereocenters. The number of likely N-dealkylation sites (N-methyl/N-ethyl adjacent to an activating group) is 1. The second-order valence-electron chi connectivity index (χ2n) is 4.08. The maximum absolute atomic E-state index is 5.99. The van der Waals surface area contributed by atoms with E-state index in [4.69, 9.17) is 25.8 Å². The Morgan fingerprint density at radius 3 is 2.68 bits per heavy atom. The summed E-state index contributed by atoms with van der Waals surface area (Å²) in [6, 6.07) is 7.73. The Bertz CT molecular complexity index is 349. The van der Waals surface area contributed by atoms with Gasteiger partial charge in [0.1, 0.15) is 0 Å². The molecule has 1 aromatic carbocycles. The first-order valence-corrected chi connectivity index (χ1v) is 6.74. The van der Waals surface area contributed by atoms with Crippen LogP contribution in [-0.4, -0.2) is 47.1 Å². The summed E-state index contributed by atoms with van der Waals surface area (Å²) in [4.78, 5) is 0. The van der Waals surface area contributed by atoms with Gasteiger partial charge in [-0.05, 0) is 24.7 Å². The van der Waals surface area contributed by atoms with Gasteiger partial charge in [0.25, 0.3) is 0 Å². The smallest absolute Gasteiger partial charge is 0.0950 e. The summed E-state index contributed by atoms with van der Waals surface area (Å²) in [5.74, 6) is 0. The number of nitrogens with one attached hydrogen (secondary N) is 1. The summed E-state index contributed by atoms with van der Waals surface area (Å²) in [6.45, 7) is 3.03. The van der Waals surface area contributed by atoms with Crippen LogP contribution in [0.1, 0.15) is 11.7 Å². The number of halogens is 1. The maximum atomic E-state index is 5.99. The highest BCUT2D eigenvalue weighted by Gasteiger charge is 2.11. The normalized spacial score (nSPS) is 12.6. The van der Waals surface area contributed by atoms with Crippen molar-refractivity contribution >= 4 is 11.6 Å². The molecule has 0 aliphatic rings. The monoisotopic (exact) mass is 287 g/mol. The number of hydrogen-bond donors (Lipinski definition) is 1. The highest BCUT2D eigenvalue weighted by atomic mass is 35.5. The van der Waals surface area contributed by atoms with Crippen LogP contribution in [0.3, 0.4) is 0 Å². The maximum Gasteiger partial charge on any atom is 0.0950 e. The molecular weight excluding hydrogens is 266 g/mol. The van der Waals surface area contributed by atoms with E-state index in [1.165, 1.54) is 0 Å². The van der Waals surface area contributed by atoms with Crippen LogP contribution in [0.15, 0.2) is 24.3 Å². The van der Waals surface area contributed by atoms with Crippen molar-refractivity contribution in [1.29, 1.82) is 0 Å². The van der Waals surface area contributed by atoms with Crippen LogP contribution in [-0.2, 0) is 14.2 Å². The number of benzene rings is 1. The van der Waals surface area contributed by atoms with E-state index in [-0.39, 0.29) is 6.10 Å². The predicted octanol–water partition coefficient (Wildman–Crippen LogP) is 2.28. The molecule has 0 bridgehead atoms. The molecule has 0 aromatic heterocycles. The van der Waals surface area contributed by atoms with Gasteiger partial charge in [-0.1, -0.05) is 23.7 Å². The van der Waals surface area contributed by atoms with E-state index in [0.717, 1.165) is 17.1 Å². The first kappa shape index (κ1) is 16.4. The van der Waals surface area contributed by atoms with Gasteiger partial charge in [0.05, 0.1) is 32.5 Å². The van der Waals surface area contributed by atoms with Crippen molar-refractivity contribution in [3.63, 3.8) is 0 Å². The van der Waals surface area contributed by atoms with Crippen molar-refractivity contribution in [2.24, 2.45) is 0 Å². The van der Waals surface area contributed by atoms with Crippen molar-refractivity contribution in [3.05, 3.63) is 34.9 Å². The summed E-state index contributed by atoms with van der Waals surface area (Å²) < 4.78 is 16.1. The quantitative estimate of drug-likeness (QED) is 0.670. The van der Waals surface area contributed by atoms with Crippen LogP contribution >= 0.6 is 11.6 Å². The lowest BCUT2D eigenvalue weighted by Gasteiger charge is -2.18. The number of rotatable bonds is 10. The lowest BCUT2D eigenvalue weighted by Crippen LogP contribution is -2.21. The highest BCUT2D eigenvalue weighted by molar-refractivity contribution is 6.30. The molecule has 1 N–H and O–H groups in total.